The zero-order valence-electron chi connectivity index (χ0n) is 11.5. The van der Waals surface area contributed by atoms with Crippen molar-refractivity contribution in [3.63, 3.8) is 0 Å². The molecule has 0 amide bonds. The minimum Gasteiger partial charge on any atom is -0.0687 e. The van der Waals surface area contributed by atoms with Crippen molar-refractivity contribution in [2.75, 3.05) is 0 Å². The number of aryl methyl sites for hydroxylation is 1. The lowest BCUT2D eigenvalue weighted by Gasteiger charge is -2.13. The summed E-state index contributed by atoms with van der Waals surface area (Å²) in [4.78, 5) is 0. The van der Waals surface area contributed by atoms with E-state index < -0.39 is 0 Å². The van der Waals surface area contributed by atoms with Gasteiger partial charge in [-0.15, -0.1) is 0 Å². The summed E-state index contributed by atoms with van der Waals surface area (Å²) in [5.41, 5.74) is 8.25. The zero-order chi connectivity index (χ0) is 13.6. The Labute approximate surface area is 123 Å². The van der Waals surface area contributed by atoms with E-state index in [1.807, 2.05) is 0 Å². The van der Waals surface area contributed by atoms with Crippen molar-refractivity contribution in [1.29, 1.82) is 0 Å². The molecule has 0 N–H and O–H groups in total. The normalized spacial score (nSPS) is 17.3. The summed E-state index contributed by atoms with van der Waals surface area (Å²) < 4.78 is 1.20. The predicted octanol–water partition coefficient (Wildman–Crippen LogP) is 5.61. The van der Waals surface area contributed by atoms with E-state index in [9.17, 15) is 0 Å². The highest BCUT2D eigenvalue weighted by Crippen LogP contribution is 2.43. The summed E-state index contributed by atoms with van der Waals surface area (Å²) in [6, 6.07) is 13.1. The Morgan fingerprint density at radius 2 is 1.74 bits per heavy atom. The number of rotatable bonds is 1. The first-order valence-corrected chi connectivity index (χ1v) is 7.46. The number of hydrogen-bond donors (Lipinski definition) is 0. The second kappa shape index (κ2) is 4.64. The van der Waals surface area contributed by atoms with E-state index in [4.69, 9.17) is 0 Å². The Hall–Kier alpha value is -1.34. The summed E-state index contributed by atoms with van der Waals surface area (Å²) in [6.07, 6.45) is 2.39. The van der Waals surface area contributed by atoms with E-state index in [1.54, 1.807) is 0 Å². The van der Waals surface area contributed by atoms with Gasteiger partial charge in [-0.3, -0.25) is 0 Å². The maximum atomic E-state index is 3.71. The molecule has 0 nitrogen and oxygen atoms in total. The van der Waals surface area contributed by atoms with Crippen LogP contribution in [-0.4, -0.2) is 0 Å². The number of benzene rings is 2. The van der Waals surface area contributed by atoms with Crippen molar-refractivity contribution in [2.45, 2.75) is 26.7 Å². The molecule has 2 aromatic rings. The maximum absolute atomic E-state index is 3.71. The Morgan fingerprint density at radius 3 is 2.53 bits per heavy atom. The molecule has 0 spiro atoms. The van der Waals surface area contributed by atoms with Crippen molar-refractivity contribution in [1.82, 2.24) is 0 Å². The lowest BCUT2D eigenvalue weighted by atomic mass is 9.93. The summed E-state index contributed by atoms with van der Waals surface area (Å²) in [7, 11) is 0. The van der Waals surface area contributed by atoms with E-state index >= 15 is 0 Å². The van der Waals surface area contributed by atoms with E-state index in [0.29, 0.717) is 5.92 Å². The molecular formula is C18H17Br. The number of allylic oxidation sites excluding steroid dienone is 1. The van der Waals surface area contributed by atoms with Gasteiger partial charge in [-0.1, -0.05) is 59.3 Å². The summed E-state index contributed by atoms with van der Waals surface area (Å²) in [6.45, 7) is 6.66. The molecule has 1 aliphatic carbocycles. The van der Waals surface area contributed by atoms with Gasteiger partial charge in [-0.05, 0) is 53.3 Å². The quantitative estimate of drug-likeness (QED) is 0.641. The lowest BCUT2D eigenvalue weighted by Crippen LogP contribution is -1.94. The highest BCUT2D eigenvalue weighted by Gasteiger charge is 2.24. The van der Waals surface area contributed by atoms with Crippen LogP contribution in [0.5, 0.6) is 0 Å². The molecule has 0 heterocycles. The minimum atomic E-state index is 0.488. The molecule has 0 fully saturated rings. The van der Waals surface area contributed by atoms with Gasteiger partial charge in [0.1, 0.15) is 0 Å². The van der Waals surface area contributed by atoms with Crippen LogP contribution in [0.25, 0.3) is 5.57 Å². The fraction of sp³-hybridized carbons (Fsp3) is 0.222. The van der Waals surface area contributed by atoms with Gasteiger partial charge >= 0.3 is 0 Å². The van der Waals surface area contributed by atoms with E-state index in [1.165, 1.54) is 37.9 Å². The molecule has 1 heteroatoms. The van der Waals surface area contributed by atoms with Gasteiger partial charge < -0.3 is 0 Å². The molecule has 2 aromatic carbocycles. The van der Waals surface area contributed by atoms with Gasteiger partial charge in [0, 0.05) is 10.4 Å². The SMILES string of the molecule is Cc1cccc(C2=CC(C)c3cccc(Br)c32)c1C. The van der Waals surface area contributed by atoms with Crippen molar-refractivity contribution in [3.8, 4) is 0 Å². The van der Waals surface area contributed by atoms with Crippen LogP contribution < -0.4 is 0 Å². The summed E-state index contributed by atoms with van der Waals surface area (Å²) in [5.74, 6) is 0.488. The van der Waals surface area contributed by atoms with Crippen LogP contribution in [0.15, 0.2) is 46.9 Å². The topological polar surface area (TPSA) is 0 Å². The highest BCUT2D eigenvalue weighted by atomic mass is 79.9. The molecular weight excluding hydrogens is 296 g/mol. The smallest absolute Gasteiger partial charge is 0.0256 e. The first-order chi connectivity index (χ1) is 9.09. The maximum Gasteiger partial charge on any atom is 0.0256 e. The predicted molar refractivity (Wildman–Crippen MR) is 85.6 cm³/mol. The standard InChI is InChI=1S/C18H17Br/c1-11-6-4-8-15(13(11)3)16-10-12(2)14-7-5-9-17(19)18(14)16/h4-10,12H,1-3H3. The van der Waals surface area contributed by atoms with E-state index in [2.05, 4.69) is 79.2 Å². The lowest BCUT2D eigenvalue weighted by molar-refractivity contribution is 0.989. The van der Waals surface area contributed by atoms with E-state index in [-0.39, 0.29) is 0 Å². The number of hydrogen-bond acceptors (Lipinski definition) is 0. The van der Waals surface area contributed by atoms with Crippen LogP contribution in [-0.2, 0) is 0 Å². The fourth-order valence-electron chi connectivity index (χ4n) is 2.89. The summed E-state index contributed by atoms with van der Waals surface area (Å²) >= 11 is 3.71. The zero-order valence-corrected chi connectivity index (χ0v) is 13.1. The highest BCUT2D eigenvalue weighted by molar-refractivity contribution is 9.10. The monoisotopic (exact) mass is 312 g/mol. The molecule has 1 aliphatic rings. The number of fused-ring (bicyclic) bond motifs is 1. The molecule has 1 atom stereocenters. The molecule has 0 aromatic heterocycles. The molecule has 96 valence electrons. The molecule has 0 aliphatic heterocycles. The molecule has 3 rings (SSSR count). The largest absolute Gasteiger partial charge is 0.0687 e. The van der Waals surface area contributed by atoms with Gasteiger partial charge in [0.25, 0.3) is 0 Å². The van der Waals surface area contributed by atoms with Crippen LogP contribution in [0.2, 0.25) is 0 Å². The third-order valence-corrected chi connectivity index (χ3v) is 4.78. The van der Waals surface area contributed by atoms with Crippen molar-refractivity contribution in [2.24, 2.45) is 0 Å². The third-order valence-electron chi connectivity index (χ3n) is 4.12. The second-order valence-corrected chi connectivity index (χ2v) is 6.17. The Kier molecular flexibility index (Phi) is 3.10. The molecule has 0 radical (unpaired) electrons. The van der Waals surface area contributed by atoms with Crippen molar-refractivity contribution in [3.05, 3.63) is 74.8 Å². The Balaban J connectivity index is 2.25. The van der Waals surface area contributed by atoms with Crippen molar-refractivity contribution >= 4 is 21.5 Å². The second-order valence-electron chi connectivity index (χ2n) is 5.32. The van der Waals surface area contributed by atoms with Gasteiger partial charge in [-0.2, -0.15) is 0 Å². The molecule has 19 heavy (non-hydrogen) atoms. The van der Waals surface area contributed by atoms with Crippen LogP contribution in [0.1, 0.15) is 40.7 Å². The van der Waals surface area contributed by atoms with Crippen LogP contribution in [0.4, 0.5) is 0 Å². The van der Waals surface area contributed by atoms with Gasteiger partial charge in [-0.25, -0.2) is 0 Å². The fourth-order valence-corrected chi connectivity index (χ4v) is 3.49. The average molecular weight is 313 g/mol. The first kappa shape index (κ1) is 12.7. The van der Waals surface area contributed by atoms with Crippen LogP contribution in [0.3, 0.4) is 0 Å². The van der Waals surface area contributed by atoms with Crippen LogP contribution in [0, 0.1) is 13.8 Å². The summed E-state index contributed by atoms with van der Waals surface area (Å²) in [5, 5.41) is 0. The molecule has 0 saturated heterocycles. The Morgan fingerprint density at radius 1 is 1.00 bits per heavy atom. The number of halogens is 1. The van der Waals surface area contributed by atoms with Gasteiger partial charge in [0.2, 0.25) is 0 Å². The average Bonchev–Trinajstić information content (AvgIpc) is 2.72. The molecule has 1 unspecified atom stereocenters. The van der Waals surface area contributed by atoms with Gasteiger partial charge in [0.15, 0.2) is 0 Å². The van der Waals surface area contributed by atoms with E-state index in [0.717, 1.165) is 0 Å². The first-order valence-electron chi connectivity index (χ1n) is 6.67. The van der Waals surface area contributed by atoms with Crippen LogP contribution >= 0.6 is 15.9 Å². The minimum absolute atomic E-state index is 0.488. The third kappa shape index (κ3) is 1.97. The van der Waals surface area contributed by atoms with Gasteiger partial charge in [0.05, 0.1) is 0 Å². The Bertz CT molecular complexity index is 680. The molecule has 0 saturated carbocycles. The molecule has 0 bridgehead atoms. The van der Waals surface area contributed by atoms with Crippen molar-refractivity contribution < 1.29 is 0 Å².